The van der Waals surface area contributed by atoms with Gasteiger partial charge in [0.25, 0.3) is 0 Å². The highest BCUT2D eigenvalue weighted by atomic mass is 79.9. The molecule has 0 fully saturated rings. The molecule has 2 rings (SSSR count). The Kier molecular flexibility index (Phi) is 3.07. The van der Waals surface area contributed by atoms with Gasteiger partial charge in [0.05, 0.1) is 18.5 Å². The van der Waals surface area contributed by atoms with E-state index in [0.29, 0.717) is 5.69 Å². The van der Waals surface area contributed by atoms with Crippen LogP contribution in [0.3, 0.4) is 0 Å². The number of aryl methyl sites for hydroxylation is 2. The molecule has 4 nitrogen and oxygen atoms in total. The van der Waals surface area contributed by atoms with Crippen LogP contribution in [-0.2, 0) is 6.61 Å². The van der Waals surface area contributed by atoms with Gasteiger partial charge in [-0.25, -0.2) is 4.68 Å². The summed E-state index contributed by atoms with van der Waals surface area (Å²) in [6.45, 7) is 3.98. The van der Waals surface area contributed by atoms with Gasteiger partial charge in [-0.3, -0.25) is 0 Å². The average Bonchev–Trinajstić information content (AvgIpc) is 2.73. The van der Waals surface area contributed by atoms with Crippen LogP contribution in [0.25, 0.3) is 5.69 Å². The molecule has 0 spiro atoms. The first kappa shape index (κ1) is 11.3. The molecule has 0 aliphatic rings. The fraction of sp³-hybridized carbons (Fsp3) is 0.273. The van der Waals surface area contributed by atoms with Crippen LogP contribution < -0.4 is 0 Å². The highest BCUT2D eigenvalue weighted by Crippen LogP contribution is 2.23. The molecule has 0 saturated heterocycles. The van der Waals surface area contributed by atoms with Crippen LogP contribution in [0.1, 0.15) is 16.8 Å². The van der Waals surface area contributed by atoms with E-state index < -0.39 is 0 Å². The minimum Gasteiger partial charge on any atom is -0.390 e. The molecule has 84 valence electrons. The second-order valence-electron chi connectivity index (χ2n) is 3.71. The Labute approximate surface area is 102 Å². The number of aromatic nitrogens is 3. The van der Waals surface area contributed by atoms with Crippen molar-refractivity contribution in [3.8, 4) is 5.69 Å². The number of benzene rings is 1. The summed E-state index contributed by atoms with van der Waals surface area (Å²) >= 11 is 3.52. The van der Waals surface area contributed by atoms with Gasteiger partial charge in [0.15, 0.2) is 0 Å². The van der Waals surface area contributed by atoms with E-state index in [9.17, 15) is 0 Å². The number of nitrogens with zero attached hydrogens (tertiary/aromatic N) is 3. The zero-order valence-corrected chi connectivity index (χ0v) is 10.7. The molecule has 0 amide bonds. The standard InChI is InChI=1S/C11H12BrN3O/c1-7-3-10(4-8(2)11(7)12)15-5-9(6-16)13-14-15/h3-5,16H,6H2,1-2H3. The summed E-state index contributed by atoms with van der Waals surface area (Å²) in [5.74, 6) is 0. The van der Waals surface area contributed by atoms with E-state index in [0.717, 1.165) is 21.3 Å². The molecule has 16 heavy (non-hydrogen) atoms. The molecule has 2 aromatic rings. The van der Waals surface area contributed by atoms with Gasteiger partial charge in [0.1, 0.15) is 5.69 Å². The van der Waals surface area contributed by atoms with Crippen LogP contribution in [-0.4, -0.2) is 20.1 Å². The van der Waals surface area contributed by atoms with Gasteiger partial charge in [-0.15, -0.1) is 5.10 Å². The lowest BCUT2D eigenvalue weighted by Gasteiger charge is -2.07. The van der Waals surface area contributed by atoms with Gasteiger partial charge in [-0.05, 0) is 37.1 Å². The summed E-state index contributed by atoms with van der Waals surface area (Å²) in [6.07, 6.45) is 1.72. The molecule has 0 radical (unpaired) electrons. The number of rotatable bonds is 2. The lowest BCUT2D eigenvalue weighted by molar-refractivity contribution is 0.276. The van der Waals surface area contributed by atoms with Crippen LogP contribution in [0.4, 0.5) is 0 Å². The summed E-state index contributed by atoms with van der Waals surface area (Å²) < 4.78 is 2.77. The molecule has 0 aliphatic carbocycles. The number of halogens is 1. The summed E-state index contributed by atoms with van der Waals surface area (Å²) in [7, 11) is 0. The molecule has 1 aromatic carbocycles. The molecule has 0 aliphatic heterocycles. The Balaban J connectivity index is 2.48. The fourth-order valence-corrected chi connectivity index (χ4v) is 1.78. The summed E-state index contributed by atoms with van der Waals surface area (Å²) in [5, 5.41) is 16.7. The zero-order valence-electron chi connectivity index (χ0n) is 9.11. The maximum Gasteiger partial charge on any atom is 0.109 e. The molecule has 5 heteroatoms. The summed E-state index contributed by atoms with van der Waals surface area (Å²) in [5.41, 5.74) is 3.82. The fourth-order valence-electron chi connectivity index (χ4n) is 1.55. The van der Waals surface area contributed by atoms with Crippen molar-refractivity contribution in [1.29, 1.82) is 0 Å². The second-order valence-corrected chi connectivity index (χ2v) is 4.50. The van der Waals surface area contributed by atoms with Crippen molar-refractivity contribution < 1.29 is 5.11 Å². The Morgan fingerprint density at radius 3 is 2.44 bits per heavy atom. The largest absolute Gasteiger partial charge is 0.390 e. The van der Waals surface area contributed by atoms with Crippen LogP contribution in [0, 0.1) is 13.8 Å². The van der Waals surface area contributed by atoms with Crippen LogP contribution in [0.2, 0.25) is 0 Å². The maximum atomic E-state index is 8.93. The molecule has 1 N–H and O–H groups in total. The van der Waals surface area contributed by atoms with Crippen molar-refractivity contribution in [2.75, 3.05) is 0 Å². The normalized spacial score (nSPS) is 10.8. The Morgan fingerprint density at radius 2 is 1.94 bits per heavy atom. The third-order valence-electron chi connectivity index (χ3n) is 2.39. The van der Waals surface area contributed by atoms with E-state index >= 15 is 0 Å². The van der Waals surface area contributed by atoms with Gasteiger partial charge >= 0.3 is 0 Å². The topological polar surface area (TPSA) is 50.9 Å². The number of hydrogen-bond donors (Lipinski definition) is 1. The number of aliphatic hydroxyl groups is 1. The number of aliphatic hydroxyl groups excluding tert-OH is 1. The summed E-state index contributed by atoms with van der Waals surface area (Å²) in [6, 6.07) is 4.04. The van der Waals surface area contributed by atoms with Crippen molar-refractivity contribution in [2.24, 2.45) is 0 Å². The molecule has 0 atom stereocenters. The first-order valence-electron chi connectivity index (χ1n) is 4.91. The van der Waals surface area contributed by atoms with Crippen LogP contribution in [0.5, 0.6) is 0 Å². The summed E-state index contributed by atoms with van der Waals surface area (Å²) in [4.78, 5) is 0. The lowest BCUT2D eigenvalue weighted by Crippen LogP contribution is -1.97. The quantitative estimate of drug-likeness (QED) is 0.918. The number of hydrogen-bond acceptors (Lipinski definition) is 3. The van der Waals surface area contributed by atoms with Crippen molar-refractivity contribution in [3.63, 3.8) is 0 Å². The Hall–Kier alpha value is -1.20. The first-order chi connectivity index (χ1) is 7.61. The highest BCUT2D eigenvalue weighted by molar-refractivity contribution is 9.10. The average molecular weight is 282 g/mol. The van der Waals surface area contributed by atoms with Gasteiger partial charge in [0.2, 0.25) is 0 Å². The Bertz CT molecular complexity index is 499. The van der Waals surface area contributed by atoms with Crippen LogP contribution in [0.15, 0.2) is 22.8 Å². The smallest absolute Gasteiger partial charge is 0.109 e. The van der Waals surface area contributed by atoms with Crippen molar-refractivity contribution >= 4 is 15.9 Å². The van der Waals surface area contributed by atoms with Gasteiger partial charge in [-0.2, -0.15) is 0 Å². The third kappa shape index (κ3) is 2.01. The molecular formula is C11H12BrN3O. The van der Waals surface area contributed by atoms with Crippen molar-refractivity contribution in [1.82, 2.24) is 15.0 Å². The van der Waals surface area contributed by atoms with Crippen molar-refractivity contribution in [3.05, 3.63) is 39.6 Å². The Morgan fingerprint density at radius 1 is 1.31 bits per heavy atom. The van der Waals surface area contributed by atoms with Gasteiger partial charge < -0.3 is 5.11 Å². The van der Waals surface area contributed by atoms with Gasteiger partial charge in [0, 0.05) is 4.47 Å². The lowest BCUT2D eigenvalue weighted by atomic mass is 10.1. The monoisotopic (exact) mass is 281 g/mol. The van der Waals surface area contributed by atoms with E-state index in [4.69, 9.17) is 5.11 Å². The molecule has 0 saturated carbocycles. The molecule has 0 bridgehead atoms. The predicted molar refractivity (Wildman–Crippen MR) is 64.5 cm³/mol. The van der Waals surface area contributed by atoms with E-state index in [-0.39, 0.29) is 6.61 Å². The van der Waals surface area contributed by atoms with E-state index in [2.05, 4.69) is 26.2 Å². The third-order valence-corrected chi connectivity index (χ3v) is 3.64. The zero-order chi connectivity index (χ0) is 11.7. The van der Waals surface area contributed by atoms with Crippen LogP contribution >= 0.6 is 15.9 Å². The molecular weight excluding hydrogens is 270 g/mol. The van der Waals surface area contributed by atoms with E-state index in [1.54, 1.807) is 10.9 Å². The van der Waals surface area contributed by atoms with E-state index in [1.165, 1.54) is 0 Å². The van der Waals surface area contributed by atoms with Crippen molar-refractivity contribution in [2.45, 2.75) is 20.5 Å². The first-order valence-corrected chi connectivity index (χ1v) is 5.70. The highest BCUT2D eigenvalue weighted by Gasteiger charge is 2.06. The van der Waals surface area contributed by atoms with E-state index in [1.807, 2.05) is 26.0 Å². The minimum absolute atomic E-state index is 0.0888. The molecule has 0 unspecified atom stereocenters. The second kappa shape index (κ2) is 4.35. The maximum absolute atomic E-state index is 8.93. The predicted octanol–water partition coefficient (Wildman–Crippen LogP) is 2.14. The molecule has 1 aromatic heterocycles. The minimum atomic E-state index is -0.0888. The SMILES string of the molecule is Cc1cc(-n2cc(CO)nn2)cc(C)c1Br. The molecule has 1 heterocycles. The van der Waals surface area contributed by atoms with Gasteiger partial charge in [-0.1, -0.05) is 21.1 Å².